The molecule has 0 aromatic heterocycles. The number of hydrogen-bond acceptors (Lipinski definition) is 3. The molecule has 1 aliphatic carbocycles. The third-order valence-corrected chi connectivity index (χ3v) is 3.57. The van der Waals surface area contributed by atoms with E-state index < -0.39 is 11.2 Å². The molecule has 0 spiro atoms. The van der Waals surface area contributed by atoms with Crippen molar-refractivity contribution in [1.29, 1.82) is 5.26 Å². The molecule has 1 fully saturated rings. The van der Waals surface area contributed by atoms with E-state index in [0.29, 0.717) is 12.0 Å². The zero-order valence-electron chi connectivity index (χ0n) is 8.41. The van der Waals surface area contributed by atoms with Crippen LogP contribution in [0.1, 0.15) is 12.0 Å². The van der Waals surface area contributed by atoms with Gasteiger partial charge in [-0.1, -0.05) is 6.07 Å². The van der Waals surface area contributed by atoms with Gasteiger partial charge >= 0.3 is 6.29 Å². The van der Waals surface area contributed by atoms with E-state index >= 15 is 0 Å². The zero-order chi connectivity index (χ0) is 12.3. The first kappa shape index (κ1) is 10.6. The molecule has 0 amide bonds. The third-order valence-electron chi connectivity index (χ3n) is 2.93. The van der Waals surface area contributed by atoms with Crippen LogP contribution in [0.5, 0.6) is 11.5 Å². The van der Waals surface area contributed by atoms with Gasteiger partial charge < -0.3 is 9.47 Å². The van der Waals surface area contributed by atoms with Crippen molar-refractivity contribution in [3.8, 4) is 17.6 Å². The number of rotatable bonds is 1. The topological polar surface area (TPSA) is 42.2 Å². The summed E-state index contributed by atoms with van der Waals surface area (Å²) in [5.41, 5.74) is 0.603. The van der Waals surface area contributed by atoms with Crippen molar-refractivity contribution >= 4 is 11.6 Å². The SMILES string of the molecule is N#CC1CC1(Cl)c1ccc2c(c1)OC(F)(F)O2. The maximum atomic E-state index is 12.8. The van der Waals surface area contributed by atoms with Crippen molar-refractivity contribution in [2.45, 2.75) is 17.6 Å². The second-order valence-corrected chi connectivity index (χ2v) is 4.75. The third kappa shape index (κ3) is 1.52. The van der Waals surface area contributed by atoms with Gasteiger partial charge in [0.2, 0.25) is 0 Å². The minimum Gasteiger partial charge on any atom is -0.395 e. The number of nitriles is 1. The lowest BCUT2D eigenvalue weighted by Gasteiger charge is -2.07. The van der Waals surface area contributed by atoms with Gasteiger partial charge in [-0.3, -0.25) is 0 Å². The van der Waals surface area contributed by atoms with Crippen LogP contribution < -0.4 is 9.47 Å². The summed E-state index contributed by atoms with van der Waals surface area (Å²) in [5.74, 6) is -0.352. The molecule has 0 bridgehead atoms. The molecule has 1 saturated carbocycles. The van der Waals surface area contributed by atoms with E-state index in [0.717, 1.165) is 0 Å². The quantitative estimate of drug-likeness (QED) is 0.727. The molecule has 0 saturated heterocycles. The van der Waals surface area contributed by atoms with Crippen molar-refractivity contribution < 1.29 is 18.3 Å². The Labute approximate surface area is 100 Å². The summed E-state index contributed by atoms with van der Waals surface area (Å²) < 4.78 is 34.2. The number of alkyl halides is 3. The van der Waals surface area contributed by atoms with Crippen LogP contribution in [0, 0.1) is 17.2 Å². The van der Waals surface area contributed by atoms with Gasteiger partial charge in [0.25, 0.3) is 0 Å². The van der Waals surface area contributed by atoms with Gasteiger partial charge in [0, 0.05) is 0 Å². The zero-order valence-corrected chi connectivity index (χ0v) is 9.17. The molecular weight excluding hydrogens is 252 g/mol. The smallest absolute Gasteiger partial charge is 0.395 e. The largest absolute Gasteiger partial charge is 0.586 e. The van der Waals surface area contributed by atoms with Crippen LogP contribution >= 0.6 is 11.6 Å². The summed E-state index contributed by atoms with van der Waals surface area (Å²) in [4.78, 5) is -0.773. The molecule has 0 radical (unpaired) electrons. The Hall–Kier alpha value is -1.54. The highest BCUT2D eigenvalue weighted by molar-refractivity contribution is 6.26. The number of benzene rings is 1. The molecule has 17 heavy (non-hydrogen) atoms. The van der Waals surface area contributed by atoms with Crippen LogP contribution in [0.2, 0.25) is 0 Å². The molecular formula is C11H6ClF2NO2. The molecule has 3 rings (SSSR count). The summed E-state index contributed by atoms with van der Waals surface area (Å²) in [7, 11) is 0. The van der Waals surface area contributed by atoms with Crippen molar-refractivity contribution in [2.75, 3.05) is 0 Å². The van der Waals surface area contributed by atoms with Crippen molar-refractivity contribution in [3.05, 3.63) is 23.8 Å². The summed E-state index contributed by atoms with van der Waals surface area (Å²) in [6, 6.07) is 6.42. The maximum Gasteiger partial charge on any atom is 0.586 e. The minimum atomic E-state index is -3.63. The van der Waals surface area contributed by atoms with Crippen LogP contribution in [0.25, 0.3) is 0 Å². The molecule has 1 aromatic carbocycles. The molecule has 88 valence electrons. The van der Waals surface area contributed by atoms with Crippen LogP contribution in [-0.4, -0.2) is 6.29 Å². The highest BCUT2D eigenvalue weighted by atomic mass is 35.5. The van der Waals surface area contributed by atoms with Crippen LogP contribution in [0.4, 0.5) is 8.78 Å². The summed E-state index contributed by atoms with van der Waals surface area (Å²) in [6.45, 7) is 0. The molecule has 2 aliphatic rings. The van der Waals surface area contributed by atoms with Crippen LogP contribution in [-0.2, 0) is 4.87 Å². The Morgan fingerprint density at radius 1 is 1.35 bits per heavy atom. The molecule has 6 heteroatoms. The van der Waals surface area contributed by atoms with Crippen molar-refractivity contribution in [1.82, 2.24) is 0 Å². The Morgan fingerprint density at radius 2 is 2.06 bits per heavy atom. The Balaban J connectivity index is 1.95. The summed E-state index contributed by atoms with van der Waals surface area (Å²) in [6.07, 6.45) is -3.11. The predicted octanol–water partition coefficient (Wildman–Crippen LogP) is 2.99. The average molecular weight is 258 g/mol. The van der Waals surface area contributed by atoms with Gasteiger partial charge in [-0.25, -0.2) is 0 Å². The first-order valence-corrected chi connectivity index (χ1v) is 5.31. The van der Waals surface area contributed by atoms with Gasteiger partial charge in [-0.2, -0.15) is 5.26 Å². The second kappa shape index (κ2) is 3.02. The van der Waals surface area contributed by atoms with E-state index in [2.05, 4.69) is 15.5 Å². The lowest BCUT2D eigenvalue weighted by molar-refractivity contribution is -0.286. The van der Waals surface area contributed by atoms with Crippen molar-refractivity contribution in [2.24, 2.45) is 5.92 Å². The van der Waals surface area contributed by atoms with E-state index in [-0.39, 0.29) is 17.4 Å². The number of hydrogen-bond donors (Lipinski definition) is 0. The monoisotopic (exact) mass is 257 g/mol. The van der Waals surface area contributed by atoms with Crippen molar-refractivity contribution in [3.63, 3.8) is 0 Å². The fraction of sp³-hybridized carbons (Fsp3) is 0.364. The fourth-order valence-corrected chi connectivity index (χ4v) is 2.23. The Kier molecular flexibility index (Phi) is 1.88. The highest BCUT2D eigenvalue weighted by Crippen LogP contribution is 2.58. The number of fused-ring (bicyclic) bond motifs is 1. The average Bonchev–Trinajstić information content (AvgIpc) is 2.82. The molecule has 1 heterocycles. The predicted molar refractivity (Wildman–Crippen MR) is 53.9 cm³/mol. The minimum absolute atomic E-state index is 0.0202. The Morgan fingerprint density at radius 3 is 2.71 bits per heavy atom. The molecule has 3 nitrogen and oxygen atoms in total. The normalized spacial score (nSPS) is 32.0. The maximum absolute atomic E-state index is 12.8. The van der Waals surface area contributed by atoms with Gasteiger partial charge in [-0.05, 0) is 24.1 Å². The van der Waals surface area contributed by atoms with Gasteiger partial charge in [0.05, 0.1) is 16.9 Å². The molecule has 2 atom stereocenters. The molecule has 2 unspecified atom stereocenters. The van der Waals surface area contributed by atoms with Crippen LogP contribution in [0.15, 0.2) is 18.2 Å². The van der Waals surface area contributed by atoms with Gasteiger partial charge in [-0.15, -0.1) is 20.4 Å². The van der Waals surface area contributed by atoms with E-state index in [9.17, 15) is 8.78 Å². The van der Waals surface area contributed by atoms with E-state index in [1.165, 1.54) is 12.1 Å². The van der Waals surface area contributed by atoms with Gasteiger partial charge in [0.15, 0.2) is 11.5 Å². The summed E-state index contributed by atoms with van der Waals surface area (Å²) in [5, 5.41) is 8.77. The van der Waals surface area contributed by atoms with E-state index in [4.69, 9.17) is 16.9 Å². The first-order valence-electron chi connectivity index (χ1n) is 4.93. The summed E-state index contributed by atoms with van der Waals surface area (Å²) >= 11 is 6.20. The molecule has 0 N–H and O–H groups in total. The first-order chi connectivity index (χ1) is 7.94. The van der Waals surface area contributed by atoms with E-state index in [1.807, 2.05) is 0 Å². The lowest BCUT2D eigenvalue weighted by Crippen LogP contribution is -2.25. The van der Waals surface area contributed by atoms with Gasteiger partial charge in [0.1, 0.15) is 0 Å². The molecule has 1 aliphatic heterocycles. The van der Waals surface area contributed by atoms with Crippen LogP contribution in [0.3, 0.4) is 0 Å². The second-order valence-electron chi connectivity index (χ2n) is 4.08. The fourth-order valence-electron chi connectivity index (χ4n) is 1.91. The van der Waals surface area contributed by atoms with E-state index in [1.54, 1.807) is 6.07 Å². The Bertz CT molecular complexity index is 543. The molecule has 1 aromatic rings. The number of nitrogens with zero attached hydrogens (tertiary/aromatic N) is 1. The number of ether oxygens (including phenoxy) is 2. The number of halogens is 3. The highest BCUT2D eigenvalue weighted by Gasteiger charge is 2.55. The standard InChI is InChI=1S/C11H6ClF2NO2/c12-10(4-7(10)5-15)6-1-2-8-9(3-6)17-11(13,14)16-8/h1-3,7H,4H2. The lowest BCUT2D eigenvalue weighted by atomic mass is 10.1.